The fourth-order valence-electron chi connectivity index (χ4n) is 2.57. The molecule has 0 atom stereocenters. The van der Waals surface area contributed by atoms with Crippen molar-refractivity contribution in [3.8, 4) is 0 Å². The summed E-state index contributed by atoms with van der Waals surface area (Å²) >= 11 is 6.44. The van der Waals surface area contributed by atoms with Crippen LogP contribution in [0.25, 0.3) is 6.08 Å². The van der Waals surface area contributed by atoms with Gasteiger partial charge in [-0.05, 0) is 41.9 Å². The summed E-state index contributed by atoms with van der Waals surface area (Å²) in [6.07, 6.45) is 3.96. The Kier molecular flexibility index (Phi) is 6.21. The summed E-state index contributed by atoms with van der Waals surface area (Å²) in [5, 5.41) is 1.15. The molecular weight excluding hydrogens is 376 g/mol. The second-order valence-corrected chi connectivity index (χ2v) is 7.69. The molecule has 2 aromatic rings. The van der Waals surface area contributed by atoms with E-state index in [1.54, 1.807) is 6.08 Å². The highest BCUT2D eigenvalue weighted by atomic mass is 32.2. The van der Waals surface area contributed by atoms with Gasteiger partial charge in [-0.1, -0.05) is 78.5 Å². The number of carbonyl (C=O) groups is 2. The number of nitrogens with zero attached hydrogens (tertiary/aromatic N) is 1. The van der Waals surface area contributed by atoms with Crippen LogP contribution in [0.2, 0.25) is 0 Å². The number of allylic oxidation sites excluding steroid dienone is 2. The number of hydrogen-bond acceptors (Lipinski definition) is 4. The van der Waals surface area contributed by atoms with Crippen LogP contribution >= 0.6 is 24.0 Å². The van der Waals surface area contributed by atoms with Gasteiger partial charge >= 0.3 is 0 Å². The zero-order valence-electron chi connectivity index (χ0n) is 14.7. The van der Waals surface area contributed by atoms with Crippen LogP contribution in [0.1, 0.15) is 18.1 Å². The predicted octanol–water partition coefficient (Wildman–Crippen LogP) is 4.11. The Morgan fingerprint density at radius 1 is 1.11 bits per heavy atom. The zero-order valence-corrected chi connectivity index (χ0v) is 16.3. The van der Waals surface area contributed by atoms with Crippen molar-refractivity contribution < 1.29 is 9.59 Å². The van der Waals surface area contributed by atoms with E-state index in [-0.39, 0.29) is 18.2 Å². The first-order valence-electron chi connectivity index (χ1n) is 8.37. The predicted molar refractivity (Wildman–Crippen MR) is 113 cm³/mol. The third-order valence-corrected chi connectivity index (χ3v) is 5.09. The van der Waals surface area contributed by atoms with E-state index in [4.69, 9.17) is 12.2 Å². The molecule has 0 saturated carbocycles. The van der Waals surface area contributed by atoms with Crippen molar-refractivity contribution in [1.82, 2.24) is 10.4 Å². The molecule has 3 rings (SSSR count). The fraction of sp³-hybridized carbons (Fsp3) is 0.0952. The molecule has 4 nitrogen and oxygen atoms in total. The number of hydrazine groups is 1. The monoisotopic (exact) mass is 394 g/mol. The average molecular weight is 395 g/mol. The Balaban J connectivity index is 1.67. The van der Waals surface area contributed by atoms with Crippen LogP contribution in [0.5, 0.6) is 0 Å². The van der Waals surface area contributed by atoms with E-state index < -0.39 is 0 Å². The number of hydrogen-bond donors (Lipinski definition) is 1. The van der Waals surface area contributed by atoms with Gasteiger partial charge in [0.2, 0.25) is 5.91 Å². The Bertz CT molecular complexity index is 922. The SMILES string of the molecule is CC(/C=C1\SC(=S)N(NC(=O)Cc2ccccc2)C1=O)=C\c1ccccc1. The summed E-state index contributed by atoms with van der Waals surface area (Å²) in [6.45, 7) is 1.92. The van der Waals surface area contributed by atoms with E-state index in [0.29, 0.717) is 9.23 Å². The van der Waals surface area contributed by atoms with Gasteiger partial charge in [0.15, 0.2) is 4.32 Å². The van der Waals surface area contributed by atoms with Crippen LogP contribution in [-0.2, 0) is 16.0 Å². The molecule has 6 heteroatoms. The molecule has 1 heterocycles. The van der Waals surface area contributed by atoms with E-state index in [1.165, 1.54) is 11.8 Å². The standard InChI is InChI=1S/C21H18N2O2S2/c1-15(12-16-8-4-2-5-9-16)13-18-20(25)23(21(26)27-18)22-19(24)14-17-10-6-3-7-11-17/h2-13H,14H2,1H3,(H,22,24)/b15-12+,18-13-. The summed E-state index contributed by atoms with van der Waals surface area (Å²) in [6, 6.07) is 19.2. The lowest BCUT2D eigenvalue weighted by atomic mass is 10.1. The van der Waals surface area contributed by atoms with Crippen LogP contribution in [0.4, 0.5) is 0 Å². The van der Waals surface area contributed by atoms with Gasteiger partial charge in [0, 0.05) is 0 Å². The second kappa shape index (κ2) is 8.79. The van der Waals surface area contributed by atoms with Crippen molar-refractivity contribution >= 4 is 46.2 Å². The maximum absolute atomic E-state index is 12.6. The van der Waals surface area contributed by atoms with E-state index >= 15 is 0 Å². The van der Waals surface area contributed by atoms with Crippen molar-refractivity contribution in [1.29, 1.82) is 0 Å². The molecule has 1 saturated heterocycles. The maximum atomic E-state index is 12.6. The normalized spacial score (nSPS) is 16.1. The quantitative estimate of drug-likeness (QED) is 0.613. The number of thiocarbonyl (C=S) groups is 1. The molecule has 1 N–H and O–H groups in total. The van der Waals surface area contributed by atoms with Crippen LogP contribution < -0.4 is 5.43 Å². The first-order valence-corrected chi connectivity index (χ1v) is 9.60. The Morgan fingerprint density at radius 3 is 2.41 bits per heavy atom. The van der Waals surface area contributed by atoms with Gasteiger partial charge in [0.1, 0.15) is 0 Å². The third kappa shape index (κ3) is 5.15. The highest BCUT2D eigenvalue weighted by Crippen LogP contribution is 2.30. The lowest BCUT2D eigenvalue weighted by molar-refractivity contribution is -0.132. The number of rotatable bonds is 5. The van der Waals surface area contributed by atoms with Crippen LogP contribution in [-0.4, -0.2) is 21.1 Å². The summed E-state index contributed by atoms with van der Waals surface area (Å²) in [5.41, 5.74) is 5.46. The number of benzene rings is 2. The molecule has 2 aromatic carbocycles. The molecule has 0 aliphatic carbocycles. The van der Waals surface area contributed by atoms with Crippen molar-refractivity contribution in [2.75, 3.05) is 0 Å². The Labute approximate surface area is 167 Å². The molecule has 136 valence electrons. The molecule has 1 fully saturated rings. The minimum absolute atomic E-state index is 0.184. The average Bonchev–Trinajstić information content (AvgIpc) is 2.90. The molecule has 2 amide bonds. The summed E-state index contributed by atoms with van der Waals surface area (Å²) in [7, 11) is 0. The van der Waals surface area contributed by atoms with Crippen LogP contribution in [0.3, 0.4) is 0 Å². The molecule has 27 heavy (non-hydrogen) atoms. The number of thioether (sulfide) groups is 1. The number of amides is 2. The smallest absolute Gasteiger partial charge is 0.273 e. The van der Waals surface area contributed by atoms with Gasteiger partial charge in [-0.25, -0.2) is 0 Å². The highest BCUT2D eigenvalue weighted by molar-refractivity contribution is 8.26. The Hall–Kier alpha value is -2.70. The van der Waals surface area contributed by atoms with E-state index in [9.17, 15) is 9.59 Å². The molecule has 0 bridgehead atoms. The lowest BCUT2D eigenvalue weighted by Gasteiger charge is -2.15. The van der Waals surface area contributed by atoms with Crippen molar-refractivity contribution in [3.63, 3.8) is 0 Å². The zero-order chi connectivity index (χ0) is 19.2. The third-order valence-electron chi connectivity index (χ3n) is 3.79. The number of carbonyl (C=O) groups excluding carboxylic acids is 2. The Morgan fingerprint density at radius 2 is 1.74 bits per heavy atom. The van der Waals surface area contributed by atoms with Crippen molar-refractivity contribution in [2.45, 2.75) is 13.3 Å². The van der Waals surface area contributed by atoms with Gasteiger partial charge in [0.25, 0.3) is 5.91 Å². The topological polar surface area (TPSA) is 49.4 Å². The molecule has 0 unspecified atom stereocenters. The van der Waals surface area contributed by atoms with Crippen molar-refractivity contribution in [3.05, 3.63) is 88.3 Å². The molecule has 0 spiro atoms. The van der Waals surface area contributed by atoms with Crippen LogP contribution in [0, 0.1) is 0 Å². The van der Waals surface area contributed by atoms with E-state index in [1.807, 2.05) is 73.7 Å². The second-order valence-electron chi connectivity index (χ2n) is 6.01. The summed E-state index contributed by atoms with van der Waals surface area (Å²) in [5.74, 6) is -0.595. The van der Waals surface area contributed by atoms with Crippen molar-refractivity contribution in [2.24, 2.45) is 0 Å². The van der Waals surface area contributed by atoms with Gasteiger partial charge in [-0.2, -0.15) is 5.01 Å². The summed E-state index contributed by atoms with van der Waals surface area (Å²) < 4.78 is 0.320. The first-order chi connectivity index (χ1) is 13.0. The molecule has 1 aliphatic rings. The van der Waals surface area contributed by atoms with E-state index in [0.717, 1.165) is 21.7 Å². The minimum Gasteiger partial charge on any atom is -0.273 e. The van der Waals surface area contributed by atoms with Gasteiger partial charge in [-0.3, -0.25) is 15.0 Å². The molecule has 1 aliphatic heterocycles. The molecular formula is C21H18N2O2S2. The first kappa shape index (κ1) is 19.1. The fourth-order valence-corrected chi connectivity index (χ4v) is 3.80. The maximum Gasteiger partial charge on any atom is 0.285 e. The van der Waals surface area contributed by atoms with Crippen LogP contribution in [0.15, 0.2) is 77.2 Å². The summed E-state index contributed by atoms with van der Waals surface area (Å²) in [4.78, 5) is 25.3. The van der Waals surface area contributed by atoms with Gasteiger partial charge < -0.3 is 0 Å². The molecule has 0 aromatic heterocycles. The van der Waals surface area contributed by atoms with Gasteiger partial charge in [0.05, 0.1) is 11.3 Å². The minimum atomic E-state index is -0.313. The lowest BCUT2D eigenvalue weighted by Crippen LogP contribution is -2.45. The largest absolute Gasteiger partial charge is 0.285 e. The van der Waals surface area contributed by atoms with E-state index in [2.05, 4.69) is 5.43 Å². The molecule has 0 radical (unpaired) electrons. The highest BCUT2D eigenvalue weighted by Gasteiger charge is 2.33. The van der Waals surface area contributed by atoms with Gasteiger partial charge in [-0.15, -0.1) is 0 Å². The number of nitrogens with one attached hydrogen (secondary N) is 1.